The molecule has 1 saturated heterocycles. The predicted octanol–water partition coefficient (Wildman–Crippen LogP) is -1.05. The van der Waals surface area contributed by atoms with E-state index in [-0.39, 0.29) is 36.3 Å². The molecule has 2 N–H and O–H groups in total. The van der Waals surface area contributed by atoms with Gasteiger partial charge < -0.3 is 9.88 Å². The Bertz CT molecular complexity index is 793. The molecule has 0 spiro atoms. The van der Waals surface area contributed by atoms with Crippen molar-refractivity contribution in [1.82, 2.24) is 14.9 Å². The van der Waals surface area contributed by atoms with Gasteiger partial charge >= 0.3 is 5.69 Å². The quantitative estimate of drug-likeness (QED) is 0.730. The summed E-state index contributed by atoms with van der Waals surface area (Å²) in [6.45, 7) is 1.60. The zero-order valence-electron chi connectivity index (χ0n) is 12.5. The van der Waals surface area contributed by atoms with Crippen LogP contribution in [0, 0.1) is 6.92 Å². The largest absolute Gasteiger partial charge is 0.342 e. The van der Waals surface area contributed by atoms with Gasteiger partial charge in [-0.1, -0.05) is 0 Å². The number of aryl methyl sites for hydroxylation is 1. The second kappa shape index (κ2) is 6.07. The first kappa shape index (κ1) is 16.5. The van der Waals surface area contributed by atoms with E-state index in [0.29, 0.717) is 17.7 Å². The van der Waals surface area contributed by atoms with E-state index in [1.165, 1.54) is 4.90 Å². The number of nitrogens with zero attached hydrogens (tertiary/aromatic N) is 1. The van der Waals surface area contributed by atoms with E-state index in [2.05, 4.69) is 9.97 Å². The van der Waals surface area contributed by atoms with E-state index in [1.807, 2.05) is 0 Å². The number of nitrogens with one attached hydrogen (secondary N) is 2. The molecule has 0 bridgehead atoms. The van der Waals surface area contributed by atoms with Crippen molar-refractivity contribution in [3.8, 4) is 0 Å². The molecule has 8 nitrogen and oxygen atoms in total. The Morgan fingerprint density at radius 2 is 2.00 bits per heavy atom. The highest BCUT2D eigenvalue weighted by Crippen LogP contribution is 2.17. The monoisotopic (exact) mass is 329 g/mol. The van der Waals surface area contributed by atoms with Crippen molar-refractivity contribution in [2.24, 2.45) is 0 Å². The fraction of sp³-hybridized carbons (Fsp3) is 0.615. The standard InChI is InChI=1S/C13H19N3O5S/c1-8-10(12(18)15-13(19)14-8)3-4-11(17)16(2)9-5-6-22(20,21)7-9/h9H,3-7H2,1-2H3,(H2,14,15,18,19). The third-order valence-corrected chi connectivity index (χ3v) is 5.74. The second-order valence-corrected chi connectivity index (χ2v) is 7.80. The highest BCUT2D eigenvalue weighted by Gasteiger charge is 2.32. The molecule has 2 rings (SSSR count). The second-order valence-electron chi connectivity index (χ2n) is 5.57. The van der Waals surface area contributed by atoms with E-state index < -0.39 is 21.1 Å². The summed E-state index contributed by atoms with van der Waals surface area (Å²) in [7, 11) is -1.47. The number of sulfone groups is 1. The lowest BCUT2D eigenvalue weighted by molar-refractivity contribution is -0.131. The van der Waals surface area contributed by atoms with Crippen LogP contribution < -0.4 is 11.2 Å². The molecule has 1 aliphatic rings. The molecule has 0 radical (unpaired) electrons. The number of hydrogen-bond acceptors (Lipinski definition) is 5. The minimum absolute atomic E-state index is 0.00644. The summed E-state index contributed by atoms with van der Waals surface area (Å²) < 4.78 is 22.9. The summed E-state index contributed by atoms with van der Waals surface area (Å²) >= 11 is 0. The SMILES string of the molecule is Cc1[nH]c(=O)[nH]c(=O)c1CCC(=O)N(C)C1CCS(=O)(=O)C1. The van der Waals surface area contributed by atoms with Gasteiger partial charge in [-0.05, 0) is 19.8 Å². The smallest absolute Gasteiger partial charge is 0.325 e. The first-order valence-electron chi connectivity index (χ1n) is 6.98. The summed E-state index contributed by atoms with van der Waals surface area (Å²) in [5.41, 5.74) is -0.279. The Labute approximate surface area is 127 Å². The third-order valence-electron chi connectivity index (χ3n) is 3.99. The van der Waals surface area contributed by atoms with Gasteiger partial charge in [0.05, 0.1) is 11.5 Å². The molecule has 1 fully saturated rings. The van der Waals surface area contributed by atoms with E-state index >= 15 is 0 Å². The molecule has 1 aromatic rings. The van der Waals surface area contributed by atoms with Gasteiger partial charge in [0.15, 0.2) is 9.84 Å². The van der Waals surface area contributed by atoms with Gasteiger partial charge in [-0.2, -0.15) is 0 Å². The summed E-state index contributed by atoms with van der Waals surface area (Å²) in [5, 5.41) is 0. The molecule has 0 saturated carbocycles. The Morgan fingerprint density at radius 3 is 2.55 bits per heavy atom. The number of amides is 1. The molecule has 0 aliphatic carbocycles. The van der Waals surface area contributed by atoms with E-state index in [9.17, 15) is 22.8 Å². The van der Waals surface area contributed by atoms with Gasteiger partial charge in [-0.3, -0.25) is 14.6 Å². The average Bonchev–Trinajstić information content (AvgIpc) is 2.76. The van der Waals surface area contributed by atoms with Crippen LogP contribution >= 0.6 is 0 Å². The molecule has 1 atom stereocenters. The van der Waals surface area contributed by atoms with Crippen molar-refractivity contribution >= 4 is 15.7 Å². The Morgan fingerprint density at radius 1 is 1.32 bits per heavy atom. The summed E-state index contributed by atoms with van der Waals surface area (Å²) in [5.74, 6) is -0.117. The van der Waals surface area contributed by atoms with Crippen LogP contribution in [0.4, 0.5) is 0 Å². The van der Waals surface area contributed by atoms with Gasteiger partial charge in [-0.25, -0.2) is 13.2 Å². The summed E-state index contributed by atoms with van der Waals surface area (Å²) in [4.78, 5) is 41.0. The van der Waals surface area contributed by atoms with Gasteiger partial charge in [0, 0.05) is 30.8 Å². The summed E-state index contributed by atoms with van der Waals surface area (Å²) in [6, 6.07) is -0.299. The molecule has 1 amide bonds. The first-order valence-corrected chi connectivity index (χ1v) is 8.80. The molecule has 1 unspecified atom stereocenters. The molecule has 0 aromatic carbocycles. The van der Waals surface area contributed by atoms with E-state index in [0.717, 1.165) is 0 Å². The number of rotatable bonds is 4. The molecule has 2 heterocycles. The van der Waals surface area contributed by atoms with Crippen LogP contribution in [0.1, 0.15) is 24.1 Å². The lowest BCUT2D eigenvalue weighted by atomic mass is 10.1. The third kappa shape index (κ3) is 3.65. The maximum atomic E-state index is 12.2. The number of carbonyl (C=O) groups is 1. The zero-order chi connectivity index (χ0) is 16.5. The van der Waals surface area contributed by atoms with Crippen molar-refractivity contribution in [2.75, 3.05) is 18.6 Å². The fourth-order valence-corrected chi connectivity index (χ4v) is 4.39. The first-order chi connectivity index (χ1) is 10.2. The van der Waals surface area contributed by atoms with Crippen molar-refractivity contribution in [3.63, 3.8) is 0 Å². The van der Waals surface area contributed by atoms with Crippen molar-refractivity contribution in [3.05, 3.63) is 32.1 Å². The predicted molar refractivity (Wildman–Crippen MR) is 80.6 cm³/mol. The van der Waals surface area contributed by atoms with Crippen LogP contribution in [-0.4, -0.2) is 53.8 Å². The van der Waals surface area contributed by atoms with Gasteiger partial charge in [0.25, 0.3) is 5.56 Å². The topological polar surface area (TPSA) is 120 Å². The highest BCUT2D eigenvalue weighted by molar-refractivity contribution is 7.91. The minimum atomic E-state index is -3.05. The Hall–Kier alpha value is -1.90. The van der Waals surface area contributed by atoms with Crippen molar-refractivity contribution < 1.29 is 13.2 Å². The molecule has 22 heavy (non-hydrogen) atoms. The molecule has 1 aromatic heterocycles. The van der Waals surface area contributed by atoms with Crippen LogP contribution in [0.3, 0.4) is 0 Å². The van der Waals surface area contributed by atoms with Crippen LogP contribution in [-0.2, 0) is 21.1 Å². The number of H-pyrrole nitrogens is 2. The number of aromatic amines is 2. The molecule has 122 valence electrons. The minimum Gasteiger partial charge on any atom is -0.342 e. The average molecular weight is 329 g/mol. The van der Waals surface area contributed by atoms with Gasteiger partial charge in [0.2, 0.25) is 5.91 Å². The van der Waals surface area contributed by atoms with Crippen LogP contribution in [0.2, 0.25) is 0 Å². The normalized spacial score (nSPS) is 20.0. The zero-order valence-corrected chi connectivity index (χ0v) is 13.3. The molecular formula is C13H19N3O5S. The lowest BCUT2D eigenvalue weighted by Crippen LogP contribution is -2.38. The number of hydrogen-bond donors (Lipinski definition) is 2. The maximum Gasteiger partial charge on any atom is 0.325 e. The number of carbonyl (C=O) groups excluding carboxylic acids is 1. The van der Waals surface area contributed by atoms with Crippen molar-refractivity contribution in [2.45, 2.75) is 32.2 Å². The Balaban J connectivity index is 2.02. The summed E-state index contributed by atoms with van der Waals surface area (Å²) in [6.07, 6.45) is 0.729. The fourth-order valence-electron chi connectivity index (χ4n) is 2.62. The molecule has 9 heteroatoms. The van der Waals surface area contributed by atoms with Gasteiger partial charge in [0.1, 0.15) is 0 Å². The Kier molecular flexibility index (Phi) is 4.55. The molecular weight excluding hydrogens is 310 g/mol. The maximum absolute atomic E-state index is 12.2. The van der Waals surface area contributed by atoms with Crippen molar-refractivity contribution in [1.29, 1.82) is 0 Å². The van der Waals surface area contributed by atoms with E-state index in [1.54, 1.807) is 14.0 Å². The van der Waals surface area contributed by atoms with Crippen LogP contribution in [0.25, 0.3) is 0 Å². The van der Waals surface area contributed by atoms with Crippen LogP contribution in [0.15, 0.2) is 9.59 Å². The van der Waals surface area contributed by atoms with Gasteiger partial charge in [-0.15, -0.1) is 0 Å². The van der Waals surface area contributed by atoms with Crippen LogP contribution in [0.5, 0.6) is 0 Å². The van der Waals surface area contributed by atoms with E-state index in [4.69, 9.17) is 0 Å². The molecule has 1 aliphatic heterocycles. The number of aromatic nitrogens is 2. The lowest BCUT2D eigenvalue weighted by Gasteiger charge is -2.23. The highest BCUT2D eigenvalue weighted by atomic mass is 32.2.